The van der Waals surface area contributed by atoms with Crippen molar-refractivity contribution in [2.75, 3.05) is 18.0 Å². The Kier molecular flexibility index (Phi) is 7.02. The highest BCUT2D eigenvalue weighted by Crippen LogP contribution is 2.40. The molecule has 9 nitrogen and oxygen atoms in total. The van der Waals surface area contributed by atoms with E-state index < -0.39 is 35.2 Å². The summed E-state index contributed by atoms with van der Waals surface area (Å²) in [5.41, 5.74) is 0.0445. The molecule has 2 atom stereocenters. The van der Waals surface area contributed by atoms with E-state index in [1.54, 1.807) is 43.1 Å². The van der Waals surface area contributed by atoms with E-state index in [0.29, 0.717) is 24.7 Å². The average Bonchev–Trinajstić information content (AvgIpc) is 3.23. The number of pyridine rings is 2. The van der Waals surface area contributed by atoms with Crippen LogP contribution in [-0.4, -0.2) is 45.7 Å². The second kappa shape index (κ2) is 10.2. The van der Waals surface area contributed by atoms with Crippen molar-refractivity contribution >= 4 is 17.7 Å². The first-order valence-electron chi connectivity index (χ1n) is 11.5. The zero-order chi connectivity index (χ0) is 26.7. The van der Waals surface area contributed by atoms with Crippen LogP contribution in [0.3, 0.4) is 0 Å². The third-order valence-electron chi connectivity index (χ3n) is 6.23. The zero-order valence-electron chi connectivity index (χ0n) is 20.1. The van der Waals surface area contributed by atoms with Gasteiger partial charge in [-0.3, -0.25) is 9.78 Å². The van der Waals surface area contributed by atoms with Gasteiger partial charge >= 0.3 is 6.09 Å². The van der Waals surface area contributed by atoms with Gasteiger partial charge in [-0.15, -0.1) is 0 Å². The van der Waals surface area contributed by atoms with E-state index in [-0.39, 0.29) is 34.6 Å². The fourth-order valence-corrected chi connectivity index (χ4v) is 4.55. The molecule has 0 spiro atoms. The van der Waals surface area contributed by atoms with Gasteiger partial charge in [-0.25, -0.2) is 18.6 Å². The smallest absolute Gasteiger partial charge is 0.405 e. The molecule has 2 amide bonds. The van der Waals surface area contributed by atoms with Gasteiger partial charge in [-0.2, -0.15) is 5.26 Å². The standard InChI is InChI=1S/C26H24F2N6O3/c1-15(20-5-3-4-7-30-20)32-24(35)19-13-31-21(12-29)22(16-9-17(27)11-18(28)10-16)23(19)34-8-6-26(2,14-34)33-25(36)37/h3-5,7,9-11,13,15,33H,6,8,14H2,1-2H3,(H,32,35)(H,36,37)/t15?,26-/m0/s1. The number of carbonyl (C=O) groups excluding carboxylic acids is 1. The maximum Gasteiger partial charge on any atom is 0.405 e. The van der Waals surface area contributed by atoms with Crippen molar-refractivity contribution in [2.24, 2.45) is 0 Å². The number of rotatable bonds is 6. The van der Waals surface area contributed by atoms with E-state index in [4.69, 9.17) is 0 Å². The summed E-state index contributed by atoms with van der Waals surface area (Å²) < 4.78 is 28.5. The second-order valence-electron chi connectivity index (χ2n) is 9.13. The molecule has 0 saturated carbocycles. The molecule has 0 aliphatic carbocycles. The van der Waals surface area contributed by atoms with Crippen molar-refractivity contribution in [1.29, 1.82) is 5.26 Å². The Hall–Kier alpha value is -4.59. The Labute approximate surface area is 211 Å². The predicted molar refractivity (Wildman–Crippen MR) is 131 cm³/mol. The zero-order valence-corrected chi connectivity index (χ0v) is 20.1. The molecule has 1 aromatic carbocycles. The first-order chi connectivity index (χ1) is 17.6. The number of hydrogen-bond acceptors (Lipinski definition) is 6. The molecule has 3 heterocycles. The molecule has 3 aromatic rings. The molecule has 1 fully saturated rings. The molecule has 3 N–H and O–H groups in total. The molecular weight excluding hydrogens is 482 g/mol. The van der Waals surface area contributed by atoms with Crippen LogP contribution < -0.4 is 15.5 Å². The van der Waals surface area contributed by atoms with Crippen LogP contribution in [0.5, 0.6) is 0 Å². The number of amides is 2. The van der Waals surface area contributed by atoms with E-state index in [9.17, 15) is 28.7 Å². The SMILES string of the molecule is CC(NC(=O)c1cnc(C#N)c(-c2cc(F)cc(F)c2)c1N1CC[C@](C)(NC(=O)O)C1)c1ccccn1. The number of carbonyl (C=O) groups is 2. The lowest BCUT2D eigenvalue weighted by molar-refractivity contribution is 0.0939. The first-order valence-corrected chi connectivity index (χ1v) is 11.5. The van der Waals surface area contributed by atoms with Gasteiger partial charge in [0.25, 0.3) is 5.91 Å². The third kappa shape index (κ3) is 5.48. The summed E-state index contributed by atoms with van der Waals surface area (Å²) in [6, 6.07) is 9.59. The Morgan fingerprint density at radius 1 is 1.22 bits per heavy atom. The minimum atomic E-state index is -1.20. The Morgan fingerprint density at radius 3 is 2.57 bits per heavy atom. The van der Waals surface area contributed by atoms with Crippen LogP contribution in [0.25, 0.3) is 11.1 Å². The van der Waals surface area contributed by atoms with Crippen LogP contribution in [0.4, 0.5) is 19.3 Å². The lowest BCUT2D eigenvalue weighted by Gasteiger charge is -2.28. The van der Waals surface area contributed by atoms with Gasteiger partial charge in [-0.05, 0) is 50.1 Å². The number of hydrogen-bond donors (Lipinski definition) is 3. The predicted octanol–water partition coefficient (Wildman–Crippen LogP) is 4.02. The highest BCUT2D eigenvalue weighted by molar-refractivity contribution is 6.04. The topological polar surface area (TPSA) is 131 Å². The fraction of sp³-hybridized carbons (Fsp3) is 0.269. The van der Waals surface area contributed by atoms with Gasteiger partial charge in [0, 0.05) is 37.1 Å². The van der Waals surface area contributed by atoms with Crippen molar-refractivity contribution in [3.05, 3.63) is 77.4 Å². The van der Waals surface area contributed by atoms with Crippen LogP contribution in [0.1, 0.15) is 48.1 Å². The molecule has 37 heavy (non-hydrogen) atoms. The molecule has 2 aromatic heterocycles. The monoisotopic (exact) mass is 506 g/mol. The first kappa shape index (κ1) is 25.5. The van der Waals surface area contributed by atoms with Crippen molar-refractivity contribution in [3.63, 3.8) is 0 Å². The molecule has 1 aliphatic rings. The van der Waals surface area contributed by atoms with Gasteiger partial charge < -0.3 is 20.6 Å². The van der Waals surface area contributed by atoms with E-state index in [2.05, 4.69) is 20.6 Å². The second-order valence-corrected chi connectivity index (χ2v) is 9.13. The number of halogens is 2. The Morgan fingerprint density at radius 2 is 1.95 bits per heavy atom. The average molecular weight is 507 g/mol. The minimum absolute atomic E-state index is 0.0313. The van der Waals surface area contributed by atoms with Gasteiger partial charge in [0.15, 0.2) is 0 Å². The summed E-state index contributed by atoms with van der Waals surface area (Å²) in [5.74, 6) is -2.26. The number of aromatic nitrogens is 2. The Bertz CT molecular complexity index is 1370. The maximum atomic E-state index is 14.2. The van der Waals surface area contributed by atoms with E-state index >= 15 is 0 Å². The molecular formula is C26H24F2N6O3. The van der Waals surface area contributed by atoms with Gasteiger partial charge in [0.1, 0.15) is 23.4 Å². The lowest BCUT2D eigenvalue weighted by Crippen LogP contribution is -2.47. The molecule has 190 valence electrons. The normalized spacial score (nSPS) is 17.6. The fourth-order valence-electron chi connectivity index (χ4n) is 4.55. The molecule has 0 radical (unpaired) electrons. The van der Waals surface area contributed by atoms with Crippen LogP contribution >= 0.6 is 0 Å². The van der Waals surface area contributed by atoms with Crippen LogP contribution in [0.15, 0.2) is 48.8 Å². The van der Waals surface area contributed by atoms with E-state index in [1.165, 1.54) is 6.20 Å². The van der Waals surface area contributed by atoms with Gasteiger partial charge in [0.2, 0.25) is 0 Å². The Balaban J connectivity index is 1.85. The van der Waals surface area contributed by atoms with Crippen molar-refractivity contribution in [3.8, 4) is 17.2 Å². The molecule has 11 heteroatoms. The highest BCUT2D eigenvalue weighted by Gasteiger charge is 2.38. The van der Waals surface area contributed by atoms with Crippen LogP contribution in [-0.2, 0) is 0 Å². The number of nitriles is 1. The van der Waals surface area contributed by atoms with Crippen molar-refractivity contribution in [2.45, 2.75) is 31.8 Å². The minimum Gasteiger partial charge on any atom is -0.465 e. The summed E-state index contributed by atoms with van der Waals surface area (Å²) in [6.07, 6.45) is 2.04. The summed E-state index contributed by atoms with van der Waals surface area (Å²) in [6.45, 7) is 3.93. The van der Waals surface area contributed by atoms with Crippen molar-refractivity contribution in [1.82, 2.24) is 20.6 Å². The third-order valence-corrected chi connectivity index (χ3v) is 6.23. The molecule has 0 bridgehead atoms. The molecule has 4 rings (SSSR count). The van der Waals surface area contributed by atoms with E-state index in [0.717, 1.165) is 12.1 Å². The number of anilines is 1. The number of carboxylic acid groups (broad SMARTS) is 1. The molecule has 1 aliphatic heterocycles. The number of benzene rings is 1. The summed E-state index contributed by atoms with van der Waals surface area (Å²) in [5, 5.41) is 24.5. The summed E-state index contributed by atoms with van der Waals surface area (Å²) in [4.78, 5) is 35.0. The number of nitrogens with one attached hydrogen (secondary N) is 2. The highest BCUT2D eigenvalue weighted by atomic mass is 19.1. The van der Waals surface area contributed by atoms with E-state index in [1.807, 2.05) is 6.07 Å². The molecule has 1 saturated heterocycles. The lowest BCUT2D eigenvalue weighted by atomic mass is 9.97. The quantitative estimate of drug-likeness (QED) is 0.460. The number of nitrogens with zero attached hydrogens (tertiary/aromatic N) is 4. The van der Waals surface area contributed by atoms with Crippen LogP contribution in [0, 0.1) is 23.0 Å². The van der Waals surface area contributed by atoms with Crippen LogP contribution in [0.2, 0.25) is 0 Å². The largest absolute Gasteiger partial charge is 0.465 e. The summed E-state index contributed by atoms with van der Waals surface area (Å²) in [7, 11) is 0. The maximum absolute atomic E-state index is 14.2. The van der Waals surface area contributed by atoms with Gasteiger partial charge in [-0.1, -0.05) is 6.07 Å². The summed E-state index contributed by atoms with van der Waals surface area (Å²) >= 11 is 0. The molecule has 1 unspecified atom stereocenters. The van der Waals surface area contributed by atoms with Gasteiger partial charge in [0.05, 0.1) is 28.5 Å². The van der Waals surface area contributed by atoms with Crippen molar-refractivity contribution < 1.29 is 23.5 Å².